The van der Waals surface area contributed by atoms with Gasteiger partial charge in [0, 0.05) is 19.1 Å². The van der Waals surface area contributed by atoms with Crippen molar-refractivity contribution in [3.8, 4) is 0 Å². The molecule has 1 saturated heterocycles. The molecule has 0 bridgehead atoms. The Balaban J connectivity index is 2.85. The fraction of sp³-hybridized carbons (Fsp3) is 0.929. The Morgan fingerprint density at radius 2 is 1.89 bits per heavy atom. The number of ether oxygens (including phenoxy) is 2. The molecule has 106 valence electrons. The molecule has 1 unspecified atom stereocenters. The van der Waals surface area contributed by atoms with Crippen molar-refractivity contribution in [3.63, 3.8) is 0 Å². The summed E-state index contributed by atoms with van der Waals surface area (Å²) in [6, 6.07) is 0.195. The summed E-state index contributed by atoms with van der Waals surface area (Å²) in [5.74, 6) is 0.303. The van der Waals surface area contributed by atoms with Gasteiger partial charge in [0.25, 0.3) is 0 Å². The molecule has 1 rings (SSSR count). The maximum Gasteiger partial charge on any atom is 0.313 e. The number of carbonyl (C=O) groups is 1. The highest BCUT2D eigenvalue weighted by molar-refractivity contribution is 5.77. The van der Waals surface area contributed by atoms with Gasteiger partial charge in [0.2, 0.25) is 0 Å². The van der Waals surface area contributed by atoms with Crippen LogP contribution in [0, 0.1) is 11.3 Å². The minimum absolute atomic E-state index is 0.102. The Bertz CT molecular complexity index is 270. The molecule has 1 heterocycles. The number of morpholine rings is 1. The number of esters is 1. The van der Waals surface area contributed by atoms with Crippen LogP contribution in [0.25, 0.3) is 0 Å². The van der Waals surface area contributed by atoms with Crippen LogP contribution in [0.5, 0.6) is 0 Å². The van der Waals surface area contributed by atoms with E-state index < -0.39 is 5.41 Å². The van der Waals surface area contributed by atoms with Gasteiger partial charge >= 0.3 is 5.97 Å². The minimum atomic E-state index is -0.485. The van der Waals surface area contributed by atoms with Gasteiger partial charge in [-0.15, -0.1) is 0 Å². The lowest BCUT2D eigenvalue weighted by Gasteiger charge is -2.44. The monoisotopic (exact) mass is 257 g/mol. The van der Waals surface area contributed by atoms with E-state index in [2.05, 4.69) is 18.7 Å². The summed E-state index contributed by atoms with van der Waals surface area (Å²) in [5, 5.41) is 0. The molecule has 0 amide bonds. The second-order valence-electron chi connectivity index (χ2n) is 5.78. The van der Waals surface area contributed by atoms with Crippen LogP contribution >= 0.6 is 0 Å². The number of nitrogens with zero attached hydrogens (tertiary/aromatic N) is 1. The van der Waals surface area contributed by atoms with E-state index in [1.54, 1.807) is 0 Å². The molecule has 1 atom stereocenters. The summed E-state index contributed by atoms with van der Waals surface area (Å²) < 4.78 is 10.6. The van der Waals surface area contributed by atoms with Crippen molar-refractivity contribution in [2.24, 2.45) is 11.3 Å². The summed E-state index contributed by atoms with van der Waals surface area (Å²) in [6.45, 7) is 13.9. The predicted octanol–water partition coefficient (Wildman–Crippen LogP) is 1.93. The Morgan fingerprint density at radius 1 is 1.33 bits per heavy atom. The van der Waals surface area contributed by atoms with Crippen LogP contribution in [-0.4, -0.2) is 49.8 Å². The van der Waals surface area contributed by atoms with E-state index in [0.717, 1.165) is 26.3 Å². The van der Waals surface area contributed by atoms with E-state index in [0.29, 0.717) is 12.5 Å². The summed E-state index contributed by atoms with van der Waals surface area (Å²) >= 11 is 0. The molecular weight excluding hydrogens is 230 g/mol. The minimum Gasteiger partial charge on any atom is -0.466 e. The lowest BCUT2D eigenvalue weighted by molar-refractivity contribution is -0.160. The van der Waals surface area contributed by atoms with Crippen molar-refractivity contribution < 1.29 is 14.3 Å². The van der Waals surface area contributed by atoms with Crippen LogP contribution in [0.15, 0.2) is 0 Å². The van der Waals surface area contributed by atoms with Gasteiger partial charge in [-0.2, -0.15) is 0 Å². The van der Waals surface area contributed by atoms with Gasteiger partial charge in [-0.25, -0.2) is 0 Å². The van der Waals surface area contributed by atoms with Crippen molar-refractivity contribution in [3.05, 3.63) is 0 Å². The van der Waals surface area contributed by atoms with Crippen LogP contribution in [0.4, 0.5) is 0 Å². The first-order valence-electron chi connectivity index (χ1n) is 6.90. The zero-order chi connectivity index (χ0) is 13.8. The number of rotatable bonds is 5. The highest BCUT2D eigenvalue weighted by Crippen LogP contribution is 2.32. The Morgan fingerprint density at radius 3 is 2.33 bits per heavy atom. The Labute approximate surface area is 111 Å². The predicted molar refractivity (Wildman–Crippen MR) is 71.4 cm³/mol. The Kier molecular flexibility index (Phi) is 5.60. The van der Waals surface area contributed by atoms with Crippen LogP contribution in [0.1, 0.15) is 34.6 Å². The first kappa shape index (κ1) is 15.4. The molecule has 0 aromatic carbocycles. The molecule has 1 aliphatic heterocycles. The largest absolute Gasteiger partial charge is 0.466 e. The molecule has 0 spiro atoms. The van der Waals surface area contributed by atoms with E-state index in [-0.39, 0.29) is 12.0 Å². The number of hydrogen-bond acceptors (Lipinski definition) is 4. The molecule has 0 aromatic rings. The van der Waals surface area contributed by atoms with E-state index in [1.807, 2.05) is 20.8 Å². The van der Waals surface area contributed by atoms with Crippen molar-refractivity contribution in [1.82, 2.24) is 4.90 Å². The number of hydrogen-bond donors (Lipinski definition) is 0. The van der Waals surface area contributed by atoms with Crippen molar-refractivity contribution in [2.75, 3.05) is 32.9 Å². The molecule has 0 radical (unpaired) electrons. The number of carbonyl (C=O) groups excluding carboxylic acids is 1. The van der Waals surface area contributed by atoms with Crippen LogP contribution < -0.4 is 0 Å². The average Bonchev–Trinajstić information content (AvgIpc) is 2.30. The van der Waals surface area contributed by atoms with E-state index in [1.165, 1.54) is 0 Å². The molecule has 1 fully saturated rings. The third-order valence-corrected chi connectivity index (χ3v) is 3.61. The lowest BCUT2D eigenvalue weighted by atomic mass is 9.77. The molecule has 0 aliphatic carbocycles. The van der Waals surface area contributed by atoms with Crippen LogP contribution in [0.3, 0.4) is 0 Å². The third-order valence-electron chi connectivity index (χ3n) is 3.61. The SMILES string of the molecule is CCOC(=O)C(C)(C)C(C(C)C)N1CCOCC1. The zero-order valence-electron chi connectivity index (χ0n) is 12.4. The fourth-order valence-corrected chi connectivity index (χ4v) is 3.00. The van der Waals surface area contributed by atoms with Gasteiger partial charge in [-0.3, -0.25) is 9.69 Å². The molecule has 0 N–H and O–H groups in total. The fourth-order valence-electron chi connectivity index (χ4n) is 3.00. The first-order valence-corrected chi connectivity index (χ1v) is 6.90. The molecule has 18 heavy (non-hydrogen) atoms. The highest BCUT2D eigenvalue weighted by atomic mass is 16.5. The Hall–Kier alpha value is -0.610. The summed E-state index contributed by atoms with van der Waals surface area (Å²) in [7, 11) is 0. The molecule has 4 heteroatoms. The summed E-state index contributed by atoms with van der Waals surface area (Å²) in [5.41, 5.74) is -0.485. The first-order chi connectivity index (χ1) is 8.41. The molecular formula is C14H27NO3. The van der Waals surface area contributed by atoms with E-state index in [4.69, 9.17) is 9.47 Å². The second-order valence-corrected chi connectivity index (χ2v) is 5.78. The topological polar surface area (TPSA) is 38.8 Å². The van der Waals surface area contributed by atoms with Gasteiger partial charge in [-0.1, -0.05) is 13.8 Å². The second kappa shape index (κ2) is 6.53. The molecule has 0 saturated carbocycles. The zero-order valence-corrected chi connectivity index (χ0v) is 12.4. The van der Waals surface area contributed by atoms with E-state index in [9.17, 15) is 4.79 Å². The van der Waals surface area contributed by atoms with Crippen molar-refractivity contribution in [1.29, 1.82) is 0 Å². The van der Waals surface area contributed by atoms with Crippen molar-refractivity contribution >= 4 is 5.97 Å². The third kappa shape index (κ3) is 3.45. The smallest absolute Gasteiger partial charge is 0.313 e. The van der Waals surface area contributed by atoms with Gasteiger partial charge in [0.05, 0.1) is 25.2 Å². The maximum atomic E-state index is 12.2. The van der Waals surface area contributed by atoms with Crippen LogP contribution in [0.2, 0.25) is 0 Å². The average molecular weight is 257 g/mol. The van der Waals surface area contributed by atoms with Gasteiger partial charge in [0.1, 0.15) is 0 Å². The van der Waals surface area contributed by atoms with Gasteiger partial charge in [0.15, 0.2) is 0 Å². The lowest BCUT2D eigenvalue weighted by Crippen LogP contribution is -2.55. The molecule has 0 aromatic heterocycles. The standard InChI is InChI=1S/C14H27NO3/c1-6-18-13(16)14(4,5)12(11(2)3)15-7-9-17-10-8-15/h11-12H,6-10H2,1-5H3. The van der Waals surface area contributed by atoms with Gasteiger partial charge in [-0.05, 0) is 26.7 Å². The highest BCUT2D eigenvalue weighted by Gasteiger charge is 2.43. The summed E-state index contributed by atoms with van der Waals surface area (Å²) in [4.78, 5) is 14.5. The van der Waals surface area contributed by atoms with Crippen molar-refractivity contribution in [2.45, 2.75) is 40.7 Å². The summed E-state index contributed by atoms with van der Waals surface area (Å²) in [6.07, 6.45) is 0. The maximum absolute atomic E-state index is 12.2. The molecule has 4 nitrogen and oxygen atoms in total. The van der Waals surface area contributed by atoms with E-state index >= 15 is 0 Å². The quantitative estimate of drug-likeness (QED) is 0.706. The normalized spacial score (nSPS) is 19.9. The van der Waals surface area contributed by atoms with Gasteiger partial charge < -0.3 is 9.47 Å². The van der Waals surface area contributed by atoms with Crippen LogP contribution in [-0.2, 0) is 14.3 Å². The molecule has 1 aliphatic rings.